The third-order valence-corrected chi connectivity index (χ3v) is 3.11. The van der Waals surface area contributed by atoms with E-state index in [1.54, 1.807) is 24.4 Å². The molecule has 1 N–H and O–H groups in total. The van der Waals surface area contributed by atoms with Gasteiger partial charge in [0.25, 0.3) is 0 Å². The van der Waals surface area contributed by atoms with E-state index in [-0.39, 0.29) is 17.4 Å². The molecule has 5 heteroatoms. The molecule has 0 saturated heterocycles. The van der Waals surface area contributed by atoms with Crippen LogP contribution in [0, 0.1) is 5.82 Å². The Labute approximate surface area is 110 Å². The minimum absolute atomic E-state index is 0.215. The lowest BCUT2D eigenvalue weighted by atomic mass is 10.1. The average Bonchev–Trinajstić information content (AvgIpc) is 2.94. The number of fused-ring (bicyclic) bond motifs is 1. The van der Waals surface area contributed by atoms with Crippen LogP contribution in [-0.4, -0.2) is 10.8 Å². The van der Waals surface area contributed by atoms with E-state index in [2.05, 4.69) is 20.9 Å². The summed E-state index contributed by atoms with van der Waals surface area (Å²) >= 11 is 3.14. The molecule has 0 radical (unpaired) electrons. The molecule has 18 heavy (non-hydrogen) atoms. The molecule has 1 aromatic carbocycles. The summed E-state index contributed by atoms with van der Waals surface area (Å²) < 4.78 is 18.9. The monoisotopic (exact) mass is 307 g/mol. The first-order valence-electron chi connectivity index (χ1n) is 5.22. The maximum atomic E-state index is 13.2. The predicted octanol–water partition coefficient (Wildman–Crippen LogP) is 3.89. The Morgan fingerprint density at radius 2 is 2.11 bits per heavy atom. The Kier molecular flexibility index (Phi) is 2.56. The van der Waals surface area contributed by atoms with E-state index in [0.29, 0.717) is 21.1 Å². The normalized spacial score (nSPS) is 11.0. The van der Waals surface area contributed by atoms with Crippen molar-refractivity contribution in [3.8, 4) is 0 Å². The minimum Gasteiger partial charge on any atom is -0.446 e. The quantitative estimate of drug-likeness (QED) is 0.730. The number of aromatic nitrogens is 1. The molecule has 3 nitrogen and oxygen atoms in total. The Morgan fingerprint density at radius 3 is 2.83 bits per heavy atom. The van der Waals surface area contributed by atoms with Crippen LogP contribution < -0.4 is 0 Å². The van der Waals surface area contributed by atoms with Gasteiger partial charge in [-0.3, -0.25) is 4.79 Å². The maximum absolute atomic E-state index is 13.2. The Hall–Kier alpha value is -1.88. The van der Waals surface area contributed by atoms with E-state index < -0.39 is 0 Å². The first kappa shape index (κ1) is 11.2. The fourth-order valence-corrected chi connectivity index (χ4v) is 2.16. The molecule has 2 aromatic heterocycles. The summed E-state index contributed by atoms with van der Waals surface area (Å²) in [6.45, 7) is 0. The van der Waals surface area contributed by atoms with Gasteiger partial charge in [-0.1, -0.05) is 0 Å². The summed E-state index contributed by atoms with van der Waals surface area (Å²) in [6.07, 6.45) is 1.56. The van der Waals surface area contributed by atoms with Crippen molar-refractivity contribution < 1.29 is 13.6 Å². The van der Waals surface area contributed by atoms with Crippen LogP contribution >= 0.6 is 15.9 Å². The molecular formula is C13H7BrFNO2. The highest BCUT2D eigenvalue weighted by Crippen LogP contribution is 2.24. The van der Waals surface area contributed by atoms with E-state index in [0.717, 1.165) is 0 Å². The number of H-pyrrole nitrogens is 1. The molecule has 0 spiro atoms. The van der Waals surface area contributed by atoms with Crippen molar-refractivity contribution in [2.24, 2.45) is 0 Å². The minimum atomic E-state index is -0.378. The lowest BCUT2D eigenvalue weighted by molar-refractivity contribution is 0.101. The second-order valence-electron chi connectivity index (χ2n) is 3.83. The van der Waals surface area contributed by atoms with Crippen LogP contribution in [0.2, 0.25) is 0 Å². The first-order valence-corrected chi connectivity index (χ1v) is 6.01. The fraction of sp³-hybridized carbons (Fsp3) is 0. The van der Waals surface area contributed by atoms with Crippen molar-refractivity contribution >= 4 is 32.6 Å². The third-order valence-electron chi connectivity index (χ3n) is 2.69. The number of furan rings is 1. The highest BCUT2D eigenvalue weighted by atomic mass is 79.9. The number of carbonyl (C=O) groups is 1. The van der Waals surface area contributed by atoms with E-state index in [9.17, 15) is 9.18 Å². The standard InChI is InChI=1S/C13H7BrFNO2/c14-12-4-3-11(18-12)13(17)9-6-16-10-2-1-7(15)5-8(9)10/h1-6,16H. The zero-order chi connectivity index (χ0) is 12.7. The molecule has 3 rings (SSSR count). The lowest BCUT2D eigenvalue weighted by Gasteiger charge is -1.96. The van der Waals surface area contributed by atoms with Crippen LogP contribution in [0.25, 0.3) is 10.9 Å². The van der Waals surface area contributed by atoms with Gasteiger partial charge in [0, 0.05) is 17.1 Å². The van der Waals surface area contributed by atoms with Gasteiger partial charge in [-0.05, 0) is 46.3 Å². The van der Waals surface area contributed by atoms with E-state index in [1.165, 1.54) is 12.1 Å². The molecule has 0 unspecified atom stereocenters. The van der Waals surface area contributed by atoms with Crippen molar-refractivity contribution in [1.29, 1.82) is 0 Å². The van der Waals surface area contributed by atoms with Crippen molar-refractivity contribution in [2.75, 3.05) is 0 Å². The number of hydrogen-bond donors (Lipinski definition) is 1. The number of nitrogens with one attached hydrogen (secondary N) is 1. The largest absolute Gasteiger partial charge is 0.446 e. The number of halogens is 2. The highest BCUT2D eigenvalue weighted by molar-refractivity contribution is 9.10. The molecular weight excluding hydrogens is 301 g/mol. The van der Waals surface area contributed by atoms with Crippen LogP contribution in [0.3, 0.4) is 0 Å². The van der Waals surface area contributed by atoms with Gasteiger partial charge in [0.05, 0.1) is 5.56 Å². The SMILES string of the molecule is O=C(c1ccc(Br)o1)c1c[nH]c2ccc(F)cc12. The smallest absolute Gasteiger partial charge is 0.230 e. The number of ketones is 1. The average molecular weight is 308 g/mol. The van der Waals surface area contributed by atoms with Gasteiger partial charge >= 0.3 is 0 Å². The van der Waals surface area contributed by atoms with Crippen LogP contribution in [-0.2, 0) is 0 Å². The van der Waals surface area contributed by atoms with Gasteiger partial charge in [-0.2, -0.15) is 0 Å². The number of benzene rings is 1. The number of hydrogen-bond acceptors (Lipinski definition) is 2. The predicted molar refractivity (Wildman–Crippen MR) is 68.1 cm³/mol. The topological polar surface area (TPSA) is 46.0 Å². The molecule has 0 aliphatic heterocycles. The molecule has 0 atom stereocenters. The second-order valence-corrected chi connectivity index (χ2v) is 4.61. The van der Waals surface area contributed by atoms with Crippen molar-refractivity contribution in [3.63, 3.8) is 0 Å². The molecule has 0 saturated carbocycles. The van der Waals surface area contributed by atoms with Crippen molar-refractivity contribution in [3.05, 3.63) is 58.3 Å². The molecule has 2 heterocycles. The second kappa shape index (κ2) is 4.10. The number of aromatic amines is 1. The summed E-state index contributed by atoms with van der Waals surface area (Å²) in [5, 5.41) is 0.549. The highest BCUT2D eigenvalue weighted by Gasteiger charge is 2.17. The van der Waals surface area contributed by atoms with Gasteiger partial charge < -0.3 is 9.40 Å². The van der Waals surface area contributed by atoms with E-state index in [1.807, 2.05) is 0 Å². The van der Waals surface area contributed by atoms with E-state index in [4.69, 9.17) is 4.42 Å². The summed E-state index contributed by atoms with van der Waals surface area (Å²) in [4.78, 5) is 15.1. The molecule has 90 valence electrons. The number of carbonyl (C=O) groups excluding carboxylic acids is 1. The first-order chi connectivity index (χ1) is 8.65. The zero-order valence-corrected chi connectivity index (χ0v) is 10.6. The van der Waals surface area contributed by atoms with E-state index >= 15 is 0 Å². The third kappa shape index (κ3) is 1.76. The summed E-state index contributed by atoms with van der Waals surface area (Å²) in [6, 6.07) is 7.49. The van der Waals surface area contributed by atoms with Gasteiger partial charge in [-0.25, -0.2) is 4.39 Å². The fourth-order valence-electron chi connectivity index (χ4n) is 1.85. The van der Waals surface area contributed by atoms with Crippen LogP contribution in [0.4, 0.5) is 4.39 Å². The maximum Gasteiger partial charge on any atom is 0.230 e. The van der Waals surface area contributed by atoms with Crippen molar-refractivity contribution in [1.82, 2.24) is 4.98 Å². The Balaban J connectivity index is 2.14. The molecule has 0 bridgehead atoms. The van der Waals surface area contributed by atoms with Crippen LogP contribution in [0.1, 0.15) is 16.1 Å². The van der Waals surface area contributed by atoms with Gasteiger partial charge in [0.2, 0.25) is 5.78 Å². The van der Waals surface area contributed by atoms with Crippen LogP contribution in [0.5, 0.6) is 0 Å². The van der Waals surface area contributed by atoms with Crippen LogP contribution in [0.15, 0.2) is 45.6 Å². The summed E-state index contributed by atoms with van der Waals surface area (Å²) in [7, 11) is 0. The Bertz CT molecular complexity index is 744. The Morgan fingerprint density at radius 1 is 1.28 bits per heavy atom. The number of rotatable bonds is 2. The van der Waals surface area contributed by atoms with Gasteiger partial charge in [-0.15, -0.1) is 0 Å². The van der Waals surface area contributed by atoms with Gasteiger partial charge in [0.15, 0.2) is 10.4 Å². The molecule has 0 fully saturated rings. The zero-order valence-electron chi connectivity index (χ0n) is 9.04. The summed E-state index contributed by atoms with van der Waals surface area (Å²) in [5.41, 5.74) is 1.11. The molecule has 0 aliphatic rings. The van der Waals surface area contributed by atoms with Crippen molar-refractivity contribution in [2.45, 2.75) is 0 Å². The lowest BCUT2D eigenvalue weighted by Crippen LogP contribution is -1.98. The summed E-state index contributed by atoms with van der Waals surface area (Å²) in [5.74, 6) is -0.443. The molecule has 3 aromatic rings. The van der Waals surface area contributed by atoms with Gasteiger partial charge in [0.1, 0.15) is 5.82 Å². The molecule has 0 aliphatic carbocycles. The molecule has 0 amide bonds.